The highest BCUT2D eigenvalue weighted by Gasteiger charge is 2.43. The van der Waals surface area contributed by atoms with E-state index in [4.69, 9.17) is 0 Å². The van der Waals surface area contributed by atoms with E-state index in [9.17, 15) is 22.0 Å². The predicted octanol–water partition coefficient (Wildman–Crippen LogP) is 1.73. The van der Waals surface area contributed by atoms with Gasteiger partial charge >= 0.3 is 6.30 Å². The Morgan fingerprint density at radius 2 is 2.00 bits per heavy atom. The van der Waals surface area contributed by atoms with E-state index in [1.54, 1.807) is 6.21 Å². The molecule has 0 bridgehead atoms. The summed E-state index contributed by atoms with van der Waals surface area (Å²) in [5, 5.41) is 2.15. The Bertz CT molecular complexity index is 187. The molecule has 0 aromatic carbocycles. The van der Waals surface area contributed by atoms with Gasteiger partial charge in [-0.25, -0.2) is 8.78 Å². The van der Waals surface area contributed by atoms with Crippen molar-refractivity contribution in [3.05, 3.63) is 6.54 Å². The van der Waals surface area contributed by atoms with E-state index in [1.807, 2.05) is 0 Å². The molecule has 0 saturated carbocycles. The fourth-order valence-electron chi connectivity index (χ4n) is 0.610. The minimum absolute atomic E-state index is 0.282. The van der Waals surface area contributed by atoms with Gasteiger partial charge in [-0.15, -0.1) is 13.2 Å². The van der Waals surface area contributed by atoms with E-state index < -0.39 is 23.7 Å². The van der Waals surface area contributed by atoms with Crippen molar-refractivity contribution in [2.75, 3.05) is 0 Å². The molecule has 1 rings (SSSR count). The molecule has 1 aliphatic rings. The smallest absolute Gasteiger partial charge is 0.210 e. The summed E-state index contributed by atoms with van der Waals surface area (Å²) in [6, 6.07) is 0. The number of hydrogen-bond acceptors (Lipinski definition) is 2. The lowest BCUT2D eigenvalue weighted by Crippen LogP contribution is -2.30. The normalized spacial score (nSPS) is 24.2. The van der Waals surface area contributed by atoms with Gasteiger partial charge in [-0.05, 0) is 0 Å². The molecule has 1 unspecified atom stereocenters. The van der Waals surface area contributed by atoms with Crippen molar-refractivity contribution in [1.29, 1.82) is 0 Å². The molecular formula is C5H3F5N2. The van der Waals surface area contributed by atoms with Crippen LogP contribution in [0.4, 0.5) is 22.0 Å². The van der Waals surface area contributed by atoms with Crippen LogP contribution in [0.25, 0.3) is 0 Å². The minimum atomic E-state index is -4.74. The molecule has 0 fully saturated rings. The van der Waals surface area contributed by atoms with Crippen molar-refractivity contribution < 1.29 is 22.0 Å². The van der Waals surface area contributed by atoms with Gasteiger partial charge in [0.25, 0.3) is 0 Å². The van der Waals surface area contributed by atoms with Crippen molar-refractivity contribution >= 4 is 6.21 Å². The van der Waals surface area contributed by atoms with Crippen LogP contribution in [-0.2, 0) is 0 Å². The quantitative estimate of drug-likeness (QED) is 0.449. The van der Waals surface area contributed by atoms with Crippen molar-refractivity contribution in [2.24, 2.45) is 11.0 Å². The summed E-state index contributed by atoms with van der Waals surface area (Å²) >= 11 is 0. The van der Waals surface area contributed by atoms with Crippen molar-refractivity contribution in [2.45, 2.75) is 12.7 Å². The van der Waals surface area contributed by atoms with Crippen LogP contribution < -0.4 is 0 Å². The zero-order valence-corrected chi connectivity index (χ0v) is 5.52. The number of nitrogens with zero attached hydrogens (tertiary/aromatic N) is 2. The second-order valence-electron chi connectivity index (χ2n) is 2.05. The highest BCUT2D eigenvalue weighted by atomic mass is 19.4. The van der Waals surface area contributed by atoms with Crippen LogP contribution in [0.1, 0.15) is 0 Å². The Labute approximate surface area is 64.6 Å². The number of hydrazone groups is 1. The maximum absolute atomic E-state index is 11.8. The van der Waals surface area contributed by atoms with Gasteiger partial charge in [0.1, 0.15) is 0 Å². The number of hydrogen-bond donors (Lipinski definition) is 0. The van der Waals surface area contributed by atoms with Gasteiger partial charge in [0.05, 0.1) is 18.7 Å². The molecule has 0 saturated heterocycles. The third kappa shape index (κ3) is 1.83. The molecule has 12 heavy (non-hydrogen) atoms. The fraction of sp³-hybridized carbons (Fsp3) is 0.600. The first-order valence-electron chi connectivity index (χ1n) is 2.86. The summed E-state index contributed by atoms with van der Waals surface area (Å²) in [7, 11) is 0. The van der Waals surface area contributed by atoms with E-state index in [-0.39, 0.29) is 6.54 Å². The van der Waals surface area contributed by atoms with Gasteiger partial charge < -0.3 is 0 Å². The highest BCUT2D eigenvalue weighted by Crippen LogP contribution is 2.30. The van der Waals surface area contributed by atoms with Gasteiger partial charge in [-0.1, -0.05) is 0 Å². The lowest BCUT2D eigenvalue weighted by atomic mass is 10.2. The monoisotopic (exact) mass is 186 g/mol. The lowest BCUT2D eigenvalue weighted by Gasteiger charge is -2.17. The molecule has 2 radical (unpaired) electrons. The summed E-state index contributed by atoms with van der Waals surface area (Å²) in [6.45, 7) is 0.282. The van der Waals surface area contributed by atoms with Crippen molar-refractivity contribution in [3.63, 3.8) is 0 Å². The van der Waals surface area contributed by atoms with E-state index >= 15 is 0 Å². The lowest BCUT2D eigenvalue weighted by molar-refractivity contribution is -0.234. The molecule has 1 atom stereocenters. The number of halogens is 5. The van der Waals surface area contributed by atoms with Crippen LogP contribution in [0.15, 0.2) is 5.10 Å². The highest BCUT2D eigenvalue weighted by molar-refractivity contribution is 5.64. The van der Waals surface area contributed by atoms with Gasteiger partial charge in [-0.2, -0.15) is 10.1 Å². The molecule has 7 heteroatoms. The first-order valence-corrected chi connectivity index (χ1v) is 2.86. The Balaban J connectivity index is 2.54. The summed E-state index contributed by atoms with van der Waals surface area (Å²) in [6.07, 6.45) is -6.00. The number of rotatable bonds is 1. The third-order valence-electron chi connectivity index (χ3n) is 1.15. The SMILES string of the molecule is FC(F)C1[C]=NN(C(F)(F)F)[CH]1. The molecule has 68 valence electrons. The van der Waals surface area contributed by atoms with Crippen molar-refractivity contribution in [1.82, 2.24) is 5.01 Å². The van der Waals surface area contributed by atoms with Crippen LogP contribution in [0, 0.1) is 12.5 Å². The second kappa shape index (κ2) is 2.87. The number of alkyl halides is 5. The first kappa shape index (κ1) is 9.21. The van der Waals surface area contributed by atoms with Crippen LogP contribution in [0.5, 0.6) is 0 Å². The van der Waals surface area contributed by atoms with E-state index in [1.165, 1.54) is 0 Å². The van der Waals surface area contributed by atoms with Gasteiger partial charge in [0.15, 0.2) is 0 Å². The molecule has 0 aliphatic carbocycles. The summed E-state index contributed by atoms with van der Waals surface area (Å²) in [5.41, 5.74) is 0. The maximum atomic E-state index is 11.8. The average Bonchev–Trinajstić information content (AvgIpc) is 2.30. The predicted molar refractivity (Wildman–Crippen MR) is 29.1 cm³/mol. The Kier molecular flexibility index (Phi) is 2.20. The molecule has 1 heterocycles. The summed E-state index contributed by atoms with van der Waals surface area (Å²) in [5.74, 6) is -1.66. The zero-order valence-electron chi connectivity index (χ0n) is 5.52. The van der Waals surface area contributed by atoms with Crippen molar-refractivity contribution in [3.8, 4) is 0 Å². The first-order chi connectivity index (χ1) is 5.41. The average molecular weight is 186 g/mol. The molecule has 1 aliphatic heterocycles. The summed E-state index contributed by atoms with van der Waals surface area (Å²) < 4.78 is 58.6. The Hall–Kier alpha value is -0.880. The van der Waals surface area contributed by atoms with E-state index in [2.05, 4.69) is 5.10 Å². The molecular weight excluding hydrogens is 183 g/mol. The largest absolute Gasteiger partial charge is 0.500 e. The van der Waals surface area contributed by atoms with E-state index in [0.29, 0.717) is 0 Å². The summed E-state index contributed by atoms with van der Waals surface area (Å²) in [4.78, 5) is 0. The van der Waals surface area contributed by atoms with Gasteiger partial charge in [-0.3, -0.25) is 0 Å². The van der Waals surface area contributed by atoms with Crippen LogP contribution >= 0.6 is 0 Å². The molecule has 0 amide bonds. The molecule has 0 aromatic rings. The standard InChI is InChI=1S/C5H3F5N2/c6-4(7)3-1-11-12(2-3)5(8,9)10/h2-4H. The molecule has 0 spiro atoms. The van der Waals surface area contributed by atoms with Crippen LogP contribution in [0.3, 0.4) is 0 Å². The Morgan fingerprint density at radius 3 is 2.25 bits per heavy atom. The second-order valence-corrected chi connectivity index (χ2v) is 2.05. The maximum Gasteiger partial charge on any atom is 0.500 e. The molecule has 0 N–H and O–H groups in total. The van der Waals surface area contributed by atoms with Crippen LogP contribution in [-0.4, -0.2) is 23.9 Å². The fourth-order valence-corrected chi connectivity index (χ4v) is 0.610. The molecule has 2 nitrogen and oxygen atoms in total. The Morgan fingerprint density at radius 1 is 1.42 bits per heavy atom. The zero-order chi connectivity index (χ0) is 9.35. The van der Waals surface area contributed by atoms with Gasteiger partial charge in [0.2, 0.25) is 6.43 Å². The van der Waals surface area contributed by atoms with Gasteiger partial charge in [0, 0.05) is 0 Å². The topological polar surface area (TPSA) is 15.6 Å². The third-order valence-corrected chi connectivity index (χ3v) is 1.15. The van der Waals surface area contributed by atoms with Crippen LogP contribution in [0.2, 0.25) is 0 Å². The minimum Gasteiger partial charge on any atom is -0.210 e. The van der Waals surface area contributed by atoms with E-state index in [0.717, 1.165) is 0 Å². The molecule has 0 aromatic heterocycles.